The fourth-order valence-corrected chi connectivity index (χ4v) is 11.3. The van der Waals surface area contributed by atoms with Crippen LogP contribution in [0.25, 0.3) is 55.6 Å². The molecule has 308 valence electrons. The van der Waals surface area contributed by atoms with E-state index in [0.717, 1.165) is 22.6 Å². The summed E-state index contributed by atoms with van der Waals surface area (Å²) in [6, 6.07) is 92.0. The molecular weight excluding hydrogens is 783 g/mol. The summed E-state index contributed by atoms with van der Waals surface area (Å²) in [5.74, 6) is 0. The standard InChI is InChI=1S/C64H47N/c1-63(2)58-35-16-18-37-60(58)64(61-38-19-17-36-59(61)63)56-34-15-13-32-53(56)55-43-48(40-41-57(55)64)65(47-27-21-26-46(42-47)44-22-5-3-6-23-44)62-39-20-14-33-54(62)52-31-12-11-30-51(52)50-29-10-9-28-49(50)45-24-7-4-8-25-45/h3-43H,1-2H3. The van der Waals surface area contributed by atoms with Crippen molar-refractivity contribution in [3.05, 3.63) is 282 Å². The largest absolute Gasteiger partial charge is 0.310 e. The molecule has 0 atom stereocenters. The molecule has 0 saturated heterocycles. The highest BCUT2D eigenvalue weighted by Gasteiger charge is 2.53. The van der Waals surface area contributed by atoms with Crippen LogP contribution in [0.3, 0.4) is 0 Å². The lowest BCUT2D eigenvalue weighted by atomic mass is 9.55. The highest BCUT2D eigenvalue weighted by molar-refractivity contribution is 5.98. The van der Waals surface area contributed by atoms with Crippen molar-refractivity contribution in [1.82, 2.24) is 0 Å². The first kappa shape index (κ1) is 38.7. The Morgan fingerprint density at radius 1 is 0.262 bits per heavy atom. The number of hydrogen-bond acceptors (Lipinski definition) is 1. The van der Waals surface area contributed by atoms with E-state index in [0.29, 0.717) is 0 Å². The van der Waals surface area contributed by atoms with Gasteiger partial charge in [-0.2, -0.15) is 0 Å². The zero-order valence-corrected chi connectivity index (χ0v) is 36.6. The van der Waals surface area contributed by atoms with Gasteiger partial charge in [-0.15, -0.1) is 0 Å². The maximum Gasteiger partial charge on any atom is 0.0719 e. The summed E-state index contributed by atoms with van der Waals surface area (Å²) in [6.45, 7) is 4.78. The van der Waals surface area contributed by atoms with Crippen LogP contribution in [-0.2, 0) is 10.8 Å². The minimum Gasteiger partial charge on any atom is -0.310 e. The van der Waals surface area contributed by atoms with Crippen LogP contribution in [0.2, 0.25) is 0 Å². The van der Waals surface area contributed by atoms with Gasteiger partial charge >= 0.3 is 0 Å². The minimum atomic E-state index is -0.464. The topological polar surface area (TPSA) is 3.24 Å². The molecule has 0 saturated carbocycles. The summed E-state index contributed by atoms with van der Waals surface area (Å²) in [7, 11) is 0. The van der Waals surface area contributed by atoms with E-state index in [2.05, 4.69) is 267 Å². The Hall–Kier alpha value is -8.00. The molecule has 0 N–H and O–H groups in total. The summed E-state index contributed by atoms with van der Waals surface area (Å²) in [4.78, 5) is 2.49. The Morgan fingerprint density at radius 3 is 1.34 bits per heavy atom. The molecule has 0 aromatic heterocycles. The fraction of sp³-hybridized carbons (Fsp3) is 0.0625. The van der Waals surface area contributed by atoms with E-state index >= 15 is 0 Å². The van der Waals surface area contributed by atoms with Gasteiger partial charge in [0.15, 0.2) is 0 Å². The van der Waals surface area contributed by atoms with E-state index < -0.39 is 5.41 Å². The predicted molar refractivity (Wildman–Crippen MR) is 272 cm³/mol. The first-order chi connectivity index (χ1) is 32.0. The molecule has 65 heavy (non-hydrogen) atoms. The summed E-state index contributed by atoms with van der Waals surface area (Å²) in [5.41, 5.74) is 22.9. The van der Waals surface area contributed by atoms with Crippen LogP contribution >= 0.6 is 0 Å². The second kappa shape index (κ2) is 15.4. The summed E-state index contributed by atoms with van der Waals surface area (Å²) < 4.78 is 0. The smallest absolute Gasteiger partial charge is 0.0719 e. The number of rotatable bonds is 7. The molecule has 0 radical (unpaired) electrons. The zero-order valence-electron chi connectivity index (χ0n) is 36.6. The van der Waals surface area contributed by atoms with Crippen molar-refractivity contribution in [3.63, 3.8) is 0 Å². The molecule has 10 aromatic rings. The van der Waals surface area contributed by atoms with Crippen LogP contribution in [0.15, 0.2) is 249 Å². The van der Waals surface area contributed by atoms with Crippen LogP contribution in [0.1, 0.15) is 47.2 Å². The Bertz CT molecular complexity index is 3360. The van der Waals surface area contributed by atoms with Gasteiger partial charge < -0.3 is 4.90 Å². The molecule has 0 aliphatic heterocycles. The second-order valence-corrected chi connectivity index (χ2v) is 18.0. The number of benzene rings is 10. The van der Waals surface area contributed by atoms with E-state index in [1.54, 1.807) is 0 Å². The highest BCUT2D eigenvalue weighted by atomic mass is 15.1. The molecule has 0 heterocycles. The van der Waals surface area contributed by atoms with Crippen LogP contribution < -0.4 is 4.90 Å². The van der Waals surface area contributed by atoms with Gasteiger partial charge in [-0.1, -0.05) is 232 Å². The fourth-order valence-electron chi connectivity index (χ4n) is 11.3. The molecule has 0 amide bonds. The van der Waals surface area contributed by atoms with Crippen molar-refractivity contribution in [3.8, 4) is 55.6 Å². The van der Waals surface area contributed by atoms with Gasteiger partial charge in [-0.25, -0.2) is 0 Å². The van der Waals surface area contributed by atoms with Gasteiger partial charge in [0.25, 0.3) is 0 Å². The molecule has 0 fully saturated rings. The zero-order chi connectivity index (χ0) is 43.5. The Balaban J connectivity index is 1.11. The number of hydrogen-bond donors (Lipinski definition) is 0. The van der Waals surface area contributed by atoms with Crippen LogP contribution in [-0.4, -0.2) is 0 Å². The molecule has 10 aromatic carbocycles. The Labute approximate surface area is 382 Å². The van der Waals surface area contributed by atoms with Crippen LogP contribution in [0.4, 0.5) is 17.1 Å². The van der Waals surface area contributed by atoms with Crippen molar-refractivity contribution in [1.29, 1.82) is 0 Å². The van der Waals surface area contributed by atoms with Gasteiger partial charge in [0, 0.05) is 22.4 Å². The monoisotopic (exact) mass is 829 g/mol. The predicted octanol–water partition coefficient (Wildman–Crippen LogP) is 16.8. The third kappa shape index (κ3) is 6.00. The Kier molecular flexibility index (Phi) is 9.14. The maximum atomic E-state index is 2.49. The lowest BCUT2D eigenvalue weighted by molar-refractivity contribution is 0.563. The van der Waals surface area contributed by atoms with E-state index in [-0.39, 0.29) is 5.41 Å². The molecule has 0 unspecified atom stereocenters. The van der Waals surface area contributed by atoms with Gasteiger partial charge in [-0.05, 0) is 114 Å². The SMILES string of the molecule is CC1(C)c2ccccc2C2(c3ccccc3-c3cc(N(c4cccc(-c5ccccc5)c4)c4ccccc4-c4ccccc4-c4ccccc4-c4ccccc4)ccc32)c2ccccc21. The van der Waals surface area contributed by atoms with Crippen molar-refractivity contribution in [2.75, 3.05) is 4.90 Å². The molecule has 1 heteroatoms. The molecular formula is C64H47N. The quantitative estimate of drug-likeness (QED) is 0.155. The third-order valence-electron chi connectivity index (χ3n) is 14.2. The van der Waals surface area contributed by atoms with E-state index in [1.165, 1.54) is 83.5 Å². The number of fused-ring (bicyclic) bond motifs is 9. The van der Waals surface area contributed by atoms with Gasteiger partial charge in [0.2, 0.25) is 0 Å². The number of para-hydroxylation sites is 1. The van der Waals surface area contributed by atoms with Crippen LogP contribution in [0, 0.1) is 0 Å². The maximum absolute atomic E-state index is 2.49. The van der Waals surface area contributed by atoms with Crippen molar-refractivity contribution >= 4 is 17.1 Å². The van der Waals surface area contributed by atoms with E-state index in [4.69, 9.17) is 0 Å². The summed E-state index contributed by atoms with van der Waals surface area (Å²) in [5, 5.41) is 0. The van der Waals surface area contributed by atoms with E-state index in [9.17, 15) is 0 Å². The second-order valence-electron chi connectivity index (χ2n) is 18.0. The molecule has 0 bridgehead atoms. The highest BCUT2D eigenvalue weighted by Crippen LogP contribution is 2.62. The first-order valence-corrected chi connectivity index (χ1v) is 22.8. The molecule has 2 aliphatic carbocycles. The minimum absolute atomic E-state index is 0.155. The third-order valence-corrected chi connectivity index (χ3v) is 14.2. The average Bonchev–Trinajstić information content (AvgIpc) is 3.67. The van der Waals surface area contributed by atoms with Gasteiger partial charge in [-0.3, -0.25) is 0 Å². The molecule has 2 aliphatic rings. The normalized spacial score (nSPS) is 13.6. The van der Waals surface area contributed by atoms with Crippen LogP contribution in [0.5, 0.6) is 0 Å². The van der Waals surface area contributed by atoms with Gasteiger partial charge in [0.05, 0.1) is 11.1 Å². The average molecular weight is 830 g/mol. The van der Waals surface area contributed by atoms with Gasteiger partial charge in [0.1, 0.15) is 0 Å². The summed E-state index contributed by atoms with van der Waals surface area (Å²) >= 11 is 0. The molecule has 1 spiro atoms. The lowest BCUT2D eigenvalue weighted by Crippen LogP contribution is -2.40. The Morgan fingerprint density at radius 2 is 0.692 bits per heavy atom. The van der Waals surface area contributed by atoms with Crippen molar-refractivity contribution in [2.45, 2.75) is 24.7 Å². The number of nitrogens with zero attached hydrogens (tertiary/aromatic N) is 1. The molecule has 12 rings (SSSR count). The van der Waals surface area contributed by atoms with E-state index in [1.807, 2.05) is 0 Å². The summed E-state index contributed by atoms with van der Waals surface area (Å²) in [6.07, 6.45) is 0. The van der Waals surface area contributed by atoms with Crippen molar-refractivity contribution in [2.24, 2.45) is 0 Å². The first-order valence-electron chi connectivity index (χ1n) is 22.8. The lowest BCUT2D eigenvalue weighted by Gasteiger charge is -2.46. The van der Waals surface area contributed by atoms with Crippen molar-refractivity contribution < 1.29 is 0 Å². The molecule has 1 nitrogen and oxygen atoms in total. The number of anilines is 3.